The smallest absolute Gasteiger partial charge is 0.410 e. The van der Waals surface area contributed by atoms with Crippen molar-refractivity contribution in [2.24, 2.45) is 0 Å². The molecule has 2 aromatic rings. The van der Waals surface area contributed by atoms with Crippen molar-refractivity contribution in [3.63, 3.8) is 0 Å². The molecule has 176 valence electrons. The number of rotatable bonds is 3. The minimum atomic E-state index is -0.771. The van der Waals surface area contributed by atoms with Crippen molar-refractivity contribution in [2.75, 3.05) is 32.2 Å². The summed E-state index contributed by atoms with van der Waals surface area (Å²) in [6.45, 7) is 6.37. The van der Waals surface area contributed by atoms with Gasteiger partial charge in [-0.15, -0.1) is 0 Å². The summed E-state index contributed by atoms with van der Waals surface area (Å²) in [5.74, 6) is -0.318. The summed E-state index contributed by atoms with van der Waals surface area (Å²) in [6.07, 6.45) is 1.71. The molecule has 33 heavy (non-hydrogen) atoms. The van der Waals surface area contributed by atoms with E-state index >= 15 is 0 Å². The van der Waals surface area contributed by atoms with Gasteiger partial charge in [-0.25, -0.2) is 4.79 Å². The number of amides is 2. The van der Waals surface area contributed by atoms with Gasteiger partial charge in [-0.05, 0) is 26.3 Å². The third kappa shape index (κ3) is 4.03. The van der Waals surface area contributed by atoms with Crippen LogP contribution in [0.1, 0.15) is 43.2 Å². The van der Waals surface area contributed by atoms with E-state index in [0.29, 0.717) is 13.0 Å². The van der Waals surface area contributed by atoms with Crippen molar-refractivity contribution in [3.05, 3.63) is 64.1 Å². The second-order valence-corrected chi connectivity index (χ2v) is 9.50. The molecule has 1 atom stereocenters. The maximum absolute atomic E-state index is 13.5. The highest BCUT2D eigenvalue weighted by Gasteiger charge is 2.53. The van der Waals surface area contributed by atoms with Crippen molar-refractivity contribution in [1.29, 1.82) is 0 Å². The number of likely N-dealkylation sites (tertiary alicyclic amines) is 1. The average molecular weight is 455 g/mol. The zero-order valence-electron chi connectivity index (χ0n) is 19.7. The fraction of sp³-hybridized carbons (Fsp3) is 0.458. The summed E-state index contributed by atoms with van der Waals surface area (Å²) >= 11 is 0. The van der Waals surface area contributed by atoms with E-state index in [1.54, 1.807) is 27.7 Å². The SMILES string of the molecule is CN1C(=O)c2c(OCc3ccccc3)c(=O)ccn2N(C)C12CCN(C(=O)OC(C)(C)C)C2. The molecule has 3 heterocycles. The number of benzene rings is 1. The number of hydrogen-bond acceptors (Lipinski definition) is 6. The van der Waals surface area contributed by atoms with Crippen molar-refractivity contribution in [1.82, 2.24) is 14.5 Å². The van der Waals surface area contributed by atoms with Crippen LogP contribution in [0.3, 0.4) is 0 Å². The number of aromatic nitrogens is 1. The molecule has 0 N–H and O–H groups in total. The molecule has 2 amide bonds. The first-order valence-electron chi connectivity index (χ1n) is 11.0. The largest absolute Gasteiger partial charge is 0.482 e. The molecule has 9 nitrogen and oxygen atoms in total. The Morgan fingerprint density at radius 2 is 1.79 bits per heavy atom. The van der Waals surface area contributed by atoms with E-state index in [2.05, 4.69) is 0 Å². The van der Waals surface area contributed by atoms with Gasteiger partial charge in [0.15, 0.2) is 11.4 Å². The zero-order valence-corrected chi connectivity index (χ0v) is 19.7. The number of carbonyl (C=O) groups excluding carboxylic acids is 2. The van der Waals surface area contributed by atoms with Gasteiger partial charge in [0.2, 0.25) is 5.43 Å². The molecule has 1 unspecified atom stereocenters. The Kier molecular flexibility index (Phi) is 5.59. The molecule has 4 rings (SSSR count). The topological polar surface area (TPSA) is 84.3 Å². The van der Waals surface area contributed by atoms with Gasteiger partial charge < -0.3 is 19.3 Å². The van der Waals surface area contributed by atoms with Crippen LogP contribution in [0.5, 0.6) is 5.75 Å². The fourth-order valence-corrected chi connectivity index (χ4v) is 4.39. The van der Waals surface area contributed by atoms with Gasteiger partial charge in [0, 0.05) is 39.3 Å². The van der Waals surface area contributed by atoms with Crippen molar-refractivity contribution < 1.29 is 19.1 Å². The number of fused-ring (bicyclic) bond motifs is 1. The highest BCUT2D eigenvalue weighted by molar-refractivity contribution is 5.97. The molecule has 1 saturated heterocycles. The Balaban J connectivity index is 1.65. The van der Waals surface area contributed by atoms with Gasteiger partial charge in [0.25, 0.3) is 5.91 Å². The lowest BCUT2D eigenvalue weighted by Crippen LogP contribution is -2.69. The van der Waals surface area contributed by atoms with Crippen molar-refractivity contribution in [3.8, 4) is 5.75 Å². The Morgan fingerprint density at radius 3 is 2.45 bits per heavy atom. The first-order chi connectivity index (χ1) is 15.5. The third-order valence-electron chi connectivity index (χ3n) is 6.20. The highest BCUT2D eigenvalue weighted by atomic mass is 16.6. The fourth-order valence-electron chi connectivity index (χ4n) is 4.39. The minimum Gasteiger partial charge on any atom is -0.482 e. The van der Waals surface area contributed by atoms with Crippen LogP contribution < -0.4 is 15.2 Å². The number of pyridine rings is 1. The zero-order chi connectivity index (χ0) is 24.0. The van der Waals surface area contributed by atoms with Gasteiger partial charge >= 0.3 is 6.09 Å². The van der Waals surface area contributed by atoms with E-state index < -0.39 is 17.4 Å². The number of likely N-dealkylation sites (N-methyl/N-ethyl adjacent to an activating group) is 2. The summed E-state index contributed by atoms with van der Waals surface area (Å²) in [5, 5.41) is 1.89. The van der Waals surface area contributed by atoms with E-state index in [1.165, 1.54) is 6.07 Å². The van der Waals surface area contributed by atoms with E-state index in [9.17, 15) is 14.4 Å². The number of ether oxygens (including phenoxy) is 2. The van der Waals surface area contributed by atoms with Crippen LogP contribution in [0.25, 0.3) is 0 Å². The lowest BCUT2D eigenvalue weighted by atomic mass is 10.0. The van der Waals surface area contributed by atoms with Crippen molar-refractivity contribution in [2.45, 2.75) is 45.1 Å². The van der Waals surface area contributed by atoms with Crippen LogP contribution in [0, 0.1) is 0 Å². The molecule has 2 aliphatic rings. The van der Waals surface area contributed by atoms with Crippen LogP contribution in [0.2, 0.25) is 0 Å². The standard InChI is InChI=1S/C24H30N4O5/c1-23(2,3)33-22(31)27-14-12-24(16-27)25(4)21(30)19-20(18(29)11-13-28(19)26(24)5)32-15-17-9-7-6-8-10-17/h6-11,13H,12,14-16H2,1-5H3. The second-order valence-electron chi connectivity index (χ2n) is 9.50. The molecule has 1 aromatic carbocycles. The molecule has 1 spiro atoms. The maximum Gasteiger partial charge on any atom is 0.410 e. The molecule has 0 saturated carbocycles. The monoisotopic (exact) mass is 454 g/mol. The minimum absolute atomic E-state index is 0.0156. The number of hydrogen-bond donors (Lipinski definition) is 0. The molecule has 0 radical (unpaired) electrons. The normalized spacial score (nSPS) is 20.3. The quantitative estimate of drug-likeness (QED) is 0.708. The maximum atomic E-state index is 13.5. The molecular weight excluding hydrogens is 424 g/mol. The highest BCUT2D eigenvalue weighted by Crippen LogP contribution is 2.36. The summed E-state index contributed by atoms with van der Waals surface area (Å²) in [4.78, 5) is 42.1. The number of nitrogens with zero attached hydrogens (tertiary/aromatic N) is 4. The lowest BCUT2D eigenvalue weighted by molar-refractivity contribution is 0.0200. The molecule has 0 aliphatic carbocycles. The number of carbonyl (C=O) groups is 2. The third-order valence-corrected chi connectivity index (χ3v) is 6.20. The molecule has 2 aliphatic heterocycles. The van der Waals surface area contributed by atoms with E-state index in [1.807, 2.05) is 63.2 Å². The van der Waals surface area contributed by atoms with Crippen LogP contribution in [-0.4, -0.2) is 64.9 Å². The summed E-state index contributed by atoms with van der Waals surface area (Å²) in [5.41, 5.74) is -0.670. The molecule has 0 bridgehead atoms. The Labute approximate surface area is 193 Å². The summed E-state index contributed by atoms with van der Waals surface area (Å²) in [7, 11) is 3.54. The Hall–Kier alpha value is -3.49. The van der Waals surface area contributed by atoms with Gasteiger partial charge in [-0.2, -0.15) is 0 Å². The predicted molar refractivity (Wildman–Crippen MR) is 123 cm³/mol. The Morgan fingerprint density at radius 1 is 1.09 bits per heavy atom. The summed E-state index contributed by atoms with van der Waals surface area (Å²) < 4.78 is 13.0. The van der Waals surface area contributed by atoms with E-state index in [0.717, 1.165) is 5.56 Å². The molecule has 1 fully saturated rings. The average Bonchev–Trinajstić information content (AvgIpc) is 3.22. The lowest BCUT2D eigenvalue weighted by Gasteiger charge is -2.51. The van der Waals surface area contributed by atoms with Crippen LogP contribution in [0.15, 0.2) is 47.4 Å². The first kappa shape index (κ1) is 22.7. The molecular formula is C24H30N4O5. The van der Waals surface area contributed by atoms with Crippen LogP contribution in [0.4, 0.5) is 4.79 Å². The second kappa shape index (κ2) is 8.13. The Bertz CT molecular complexity index is 1120. The van der Waals surface area contributed by atoms with Gasteiger partial charge in [0.05, 0.1) is 6.54 Å². The molecule has 9 heteroatoms. The molecule has 1 aromatic heterocycles. The van der Waals surface area contributed by atoms with Crippen LogP contribution >= 0.6 is 0 Å². The summed E-state index contributed by atoms with van der Waals surface area (Å²) in [6, 6.07) is 10.9. The van der Waals surface area contributed by atoms with E-state index in [-0.39, 0.29) is 35.9 Å². The predicted octanol–water partition coefficient (Wildman–Crippen LogP) is 2.42. The van der Waals surface area contributed by atoms with Crippen LogP contribution in [-0.2, 0) is 11.3 Å². The van der Waals surface area contributed by atoms with Gasteiger partial charge in [-0.3, -0.25) is 19.3 Å². The van der Waals surface area contributed by atoms with Gasteiger partial charge in [0.1, 0.15) is 17.9 Å². The van der Waals surface area contributed by atoms with Gasteiger partial charge in [-0.1, -0.05) is 30.3 Å². The van der Waals surface area contributed by atoms with E-state index in [4.69, 9.17) is 9.47 Å². The van der Waals surface area contributed by atoms with Crippen molar-refractivity contribution >= 4 is 12.0 Å². The first-order valence-corrected chi connectivity index (χ1v) is 11.0.